The van der Waals surface area contributed by atoms with E-state index >= 15 is 0 Å². The molecule has 1 aliphatic rings. The Morgan fingerprint density at radius 3 is 2.67 bits per heavy atom. The number of aliphatic hydroxyl groups is 1. The Labute approximate surface area is 108 Å². The lowest BCUT2D eigenvalue weighted by Crippen LogP contribution is -2.48. The Bertz CT molecular complexity index is 437. The van der Waals surface area contributed by atoms with Crippen molar-refractivity contribution < 1.29 is 14.3 Å². The van der Waals surface area contributed by atoms with Gasteiger partial charge in [0, 0.05) is 6.54 Å². The van der Waals surface area contributed by atoms with E-state index in [4.69, 9.17) is 4.42 Å². The molecule has 0 aliphatic carbocycles. The average Bonchev–Trinajstić information content (AvgIpc) is 2.84. The molecule has 1 unspecified atom stereocenters. The Hall–Kier alpha value is -1.29. The summed E-state index contributed by atoms with van der Waals surface area (Å²) in [5, 5.41) is 10.1. The zero-order chi connectivity index (χ0) is 13.5. The second-order valence-electron chi connectivity index (χ2n) is 5.66. The van der Waals surface area contributed by atoms with Gasteiger partial charge < -0.3 is 14.4 Å². The summed E-state index contributed by atoms with van der Waals surface area (Å²) in [7, 11) is 0. The quantitative estimate of drug-likeness (QED) is 0.877. The van der Waals surface area contributed by atoms with Gasteiger partial charge in [-0.2, -0.15) is 0 Å². The van der Waals surface area contributed by atoms with Crippen LogP contribution in [-0.2, 0) is 0 Å². The van der Waals surface area contributed by atoms with Gasteiger partial charge in [0.05, 0.1) is 11.6 Å². The van der Waals surface area contributed by atoms with E-state index in [-0.39, 0.29) is 11.9 Å². The summed E-state index contributed by atoms with van der Waals surface area (Å²) < 4.78 is 5.48. The molecule has 0 saturated carbocycles. The van der Waals surface area contributed by atoms with E-state index in [0.717, 1.165) is 24.2 Å². The van der Waals surface area contributed by atoms with E-state index < -0.39 is 5.60 Å². The molecule has 1 aromatic rings. The topological polar surface area (TPSA) is 53.7 Å². The Kier molecular flexibility index (Phi) is 3.23. The van der Waals surface area contributed by atoms with Crippen LogP contribution in [0, 0.1) is 13.8 Å². The molecule has 1 N–H and O–H groups in total. The van der Waals surface area contributed by atoms with Crippen molar-refractivity contribution in [1.82, 2.24) is 4.90 Å². The smallest absolute Gasteiger partial charge is 0.289 e. The van der Waals surface area contributed by atoms with Gasteiger partial charge in [-0.1, -0.05) is 0 Å². The lowest BCUT2D eigenvalue weighted by atomic mass is 9.96. The van der Waals surface area contributed by atoms with Crippen molar-refractivity contribution >= 4 is 5.91 Å². The molecule has 0 aromatic carbocycles. The predicted molar refractivity (Wildman–Crippen MR) is 68.5 cm³/mol. The van der Waals surface area contributed by atoms with Gasteiger partial charge in [-0.05, 0) is 52.2 Å². The molecule has 1 saturated heterocycles. The van der Waals surface area contributed by atoms with E-state index in [1.165, 1.54) is 0 Å². The number of likely N-dealkylation sites (tertiary alicyclic amines) is 1. The minimum Gasteiger partial charge on any atom is -0.456 e. The number of amides is 1. The maximum Gasteiger partial charge on any atom is 0.289 e. The number of carbonyl (C=O) groups excluding carboxylic acids is 1. The van der Waals surface area contributed by atoms with Crippen LogP contribution >= 0.6 is 0 Å². The summed E-state index contributed by atoms with van der Waals surface area (Å²) in [4.78, 5) is 14.1. The molecule has 1 fully saturated rings. The molecule has 0 radical (unpaired) electrons. The molecule has 0 bridgehead atoms. The van der Waals surface area contributed by atoms with Gasteiger partial charge >= 0.3 is 0 Å². The van der Waals surface area contributed by atoms with Gasteiger partial charge in [0.1, 0.15) is 5.76 Å². The summed E-state index contributed by atoms with van der Waals surface area (Å²) in [6.45, 7) is 7.96. The second kappa shape index (κ2) is 4.43. The normalized spacial score (nSPS) is 20.5. The van der Waals surface area contributed by atoms with Crippen LogP contribution in [0.25, 0.3) is 0 Å². The van der Waals surface area contributed by atoms with E-state index in [1.807, 2.05) is 13.8 Å². The first kappa shape index (κ1) is 13.1. The van der Waals surface area contributed by atoms with Crippen molar-refractivity contribution in [3.8, 4) is 0 Å². The summed E-state index contributed by atoms with van der Waals surface area (Å²) in [6.07, 6.45) is 1.77. The van der Waals surface area contributed by atoms with Crippen LogP contribution in [0.1, 0.15) is 48.6 Å². The zero-order valence-electron chi connectivity index (χ0n) is 11.5. The van der Waals surface area contributed by atoms with Crippen LogP contribution in [0.15, 0.2) is 10.5 Å². The van der Waals surface area contributed by atoms with Crippen LogP contribution in [-0.4, -0.2) is 34.1 Å². The van der Waals surface area contributed by atoms with Crippen molar-refractivity contribution in [2.75, 3.05) is 6.54 Å². The van der Waals surface area contributed by atoms with Crippen LogP contribution in [0.5, 0.6) is 0 Å². The second-order valence-corrected chi connectivity index (χ2v) is 5.66. The van der Waals surface area contributed by atoms with Crippen LogP contribution in [0.2, 0.25) is 0 Å². The largest absolute Gasteiger partial charge is 0.456 e. The molecule has 4 heteroatoms. The minimum atomic E-state index is -0.872. The van der Waals surface area contributed by atoms with Gasteiger partial charge in [0.2, 0.25) is 0 Å². The number of rotatable bonds is 2. The maximum absolute atomic E-state index is 12.4. The molecule has 0 spiro atoms. The van der Waals surface area contributed by atoms with Crippen LogP contribution in [0.3, 0.4) is 0 Å². The first-order valence-electron chi connectivity index (χ1n) is 6.41. The fourth-order valence-corrected chi connectivity index (χ4v) is 2.56. The lowest BCUT2D eigenvalue weighted by molar-refractivity contribution is -0.000792. The third-order valence-corrected chi connectivity index (χ3v) is 3.71. The monoisotopic (exact) mass is 251 g/mol. The number of furan rings is 1. The summed E-state index contributed by atoms with van der Waals surface area (Å²) >= 11 is 0. The average molecular weight is 251 g/mol. The highest BCUT2D eigenvalue weighted by molar-refractivity contribution is 5.92. The van der Waals surface area contributed by atoms with Crippen molar-refractivity contribution in [1.29, 1.82) is 0 Å². The van der Waals surface area contributed by atoms with Crippen molar-refractivity contribution in [2.24, 2.45) is 0 Å². The number of nitrogens with zero attached hydrogens (tertiary/aromatic N) is 1. The zero-order valence-corrected chi connectivity index (χ0v) is 11.5. The van der Waals surface area contributed by atoms with Crippen molar-refractivity contribution in [2.45, 2.75) is 52.2 Å². The molecule has 18 heavy (non-hydrogen) atoms. The van der Waals surface area contributed by atoms with Gasteiger partial charge in [-0.3, -0.25) is 4.79 Å². The van der Waals surface area contributed by atoms with Crippen LogP contribution < -0.4 is 0 Å². The first-order chi connectivity index (χ1) is 8.30. The summed E-state index contributed by atoms with van der Waals surface area (Å²) in [6, 6.07) is 1.65. The van der Waals surface area contributed by atoms with Gasteiger partial charge in [-0.25, -0.2) is 0 Å². The number of hydrogen-bond acceptors (Lipinski definition) is 3. The molecule has 1 amide bonds. The van der Waals surface area contributed by atoms with E-state index in [0.29, 0.717) is 12.3 Å². The van der Waals surface area contributed by atoms with Crippen LogP contribution in [0.4, 0.5) is 0 Å². The summed E-state index contributed by atoms with van der Waals surface area (Å²) in [5.41, 5.74) is 0.111. The molecule has 4 nitrogen and oxygen atoms in total. The SMILES string of the molecule is Cc1cc(C(=O)N2CCCC2C(C)(C)O)oc1C. The minimum absolute atomic E-state index is 0.115. The summed E-state index contributed by atoms with van der Waals surface area (Å²) in [5.74, 6) is 1.04. The molecule has 1 atom stereocenters. The Balaban J connectivity index is 2.23. The lowest BCUT2D eigenvalue weighted by Gasteiger charge is -2.33. The molecular formula is C14H21NO3. The molecule has 2 rings (SSSR count). The fourth-order valence-electron chi connectivity index (χ4n) is 2.56. The highest BCUT2D eigenvalue weighted by atomic mass is 16.4. The first-order valence-corrected chi connectivity index (χ1v) is 6.41. The molecule has 2 heterocycles. The number of aryl methyl sites for hydroxylation is 2. The molecule has 100 valence electrons. The highest BCUT2D eigenvalue weighted by Gasteiger charge is 2.39. The number of carbonyl (C=O) groups is 1. The van der Waals surface area contributed by atoms with E-state index in [2.05, 4.69) is 0 Å². The Morgan fingerprint density at radius 2 is 2.17 bits per heavy atom. The fraction of sp³-hybridized carbons (Fsp3) is 0.643. The standard InChI is InChI=1S/C14H21NO3/c1-9-8-11(18-10(9)2)13(16)15-7-5-6-12(15)14(3,4)17/h8,12,17H,5-7H2,1-4H3. The highest BCUT2D eigenvalue weighted by Crippen LogP contribution is 2.29. The van der Waals surface area contributed by atoms with E-state index in [1.54, 1.807) is 24.8 Å². The molecule has 1 aliphatic heterocycles. The molecule has 1 aromatic heterocycles. The van der Waals surface area contributed by atoms with Gasteiger partial charge in [-0.15, -0.1) is 0 Å². The van der Waals surface area contributed by atoms with Gasteiger partial charge in [0.25, 0.3) is 5.91 Å². The third-order valence-electron chi connectivity index (χ3n) is 3.71. The van der Waals surface area contributed by atoms with Crippen molar-refractivity contribution in [3.05, 3.63) is 23.2 Å². The maximum atomic E-state index is 12.4. The Morgan fingerprint density at radius 1 is 1.50 bits per heavy atom. The van der Waals surface area contributed by atoms with E-state index in [9.17, 15) is 9.90 Å². The molecular weight excluding hydrogens is 230 g/mol. The van der Waals surface area contributed by atoms with Gasteiger partial charge in [0.15, 0.2) is 5.76 Å². The number of hydrogen-bond donors (Lipinski definition) is 1. The third kappa shape index (κ3) is 2.29. The predicted octanol–water partition coefficient (Wildman–Crippen LogP) is 2.27. The van der Waals surface area contributed by atoms with Crippen molar-refractivity contribution in [3.63, 3.8) is 0 Å².